The van der Waals surface area contributed by atoms with Crippen LogP contribution in [0.15, 0.2) is 48.5 Å². The molecule has 5 nitrogen and oxygen atoms in total. The van der Waals surface area contributed by atoms with Gasteiger partial charge in [0, 0.05) is 28.0 Å². The highest BCUT2D eigenvalue weighted by molar-refractivity contribution is 6.30. The van der Waals surface area contributed by atoms with Crippen molar-refractivity contribution >= 4 is 40.0 Å². The van der Waals surface area contributed by atoms with E-state index in [2.05, 4.69) is 22.5 Å². The number of halogens is 1. The highest BCUT2D eigenvalue weighted by Gasteiger charge is 2.19. The molecule has 3 N–H and O–H groups in total. The number of fused-ring (bicyclic) bond motifs is 1. The van der Waals surface area contributed by atoms with E-state index in [1.54, 1.807) is 24.3 Å². The zero-order chi connectivity index (χ0) is 18.5. The van der Waals surface area contributed by atoms with Crippen LogP contribution < -0.4 is 10.6 Å². The first-order valence-corrected chi connectivity index (χ1v) is 8.93. The quantitative estimate of drug-likeness (QED) is 0.555. The smallest absolute Gasteiger partial charge is 0.269 e. The molecule has 0 saturated carbocycles. The molecule has 3 aromatic rings. The number of aromatic nitrogens is 1. The summed E-state index contributed by atoms with van der Waals surface area (Å²) in [6.45, 7) is 2.65. The van der Waals surface area contributed by atoms with Gasteiger partial charge in [-0.3, -0.25) is 9.59 Å². The Labute approximate surface area is 156 Å². The lowest BCUT2D eigenvalue weighted by molar-refractivity contribution is 0.0950. The minimum absolute atomic E-state index is 0.235. The molecule has 0 unspecified atom stereocenters. The van der Waals surface area contributed by atoms with Crippen molar-refractivity contribution in [3.63, 3.8) is 0 Å². The largest absolute Gasteiger partial charge is 0.351 e. The maximum Gasteiger partial charge on any atom is 0.269 e. The molecule has 0 saturated heterocycles. The zero-order valence-corrected chi connectivity index (χ0v) is 15.2. The molecular formula is C20H20ClN3O2. The minimum atomic E-state index is -0.297. The number of hydrogen-bond donors (Lipinski definition) is 3. The SMILES string of the molecule is CCCCNC(=O)c1[nH]c2ccccc2c1NC(=O)c1ccc(Cl)cc1. The Morgan fingerprint density at radius 3 is 2.50 bits per heavy atom. The lowest BCUT2D eigenvalue weighted by Crippen LogP contribution is -2.26. The van der Waals surface area contributed by atoms with Crippen LogP contribution in [0.4, 0.5) is 5.69 Å². The lowest BCUT2D eigenvalue weighted by Gasteiger charge is -2.08. The number of carbonyl (C=O) groups is 2. The van der Waals surface area contributed by atoms with E-state index in [0.717, 1.165) is 23.7 Å². The maximum atomic E-state index is 12.6. The zero-order valence-electron chi connectivity index (χ0n) is 14.4. The summed E-state index contributed by atoms with van der Waals surface area (Å²) in [7, 11) is 0. The predicted octanol–water partition coefficient (Wildman–Crippen LogP) is 4.60. The standard InChI is InChI=1S/C20H20ClN3O2/c1-2-3-12-22-20(26)18-17(15-6-4-5-7-16(15)23-18)24-19(25)13-8-10-14(21)11-9-13/h4-11,23H,2-3,12H2,1H3,(H,22,26)(H,24,25). The number of para-hydroxylation sites is 1. The van der Waals surface area contributed by atoms with E-state index in [1.165, 1.54) is 0 Å². The van der Waals surface area contributed by atoms with E-state index < -0.39 is 0 Å². The van der Waals surface area contributed by atoms with Crippen molar-refractivity contribution in [2.45, 2.75) is 19.8 Å². The summed E-state index contributed by atoms with van der Waals surface area (Å²) < 4.78 is 0. The summed E-state index contributed by atoms with van der Waals surface area (Å²) in [5.41, 5.74) is 2.09. The van der Waals surface area contributed by atoms with Crippen LogP contribution in [0.25, 0.3) is 10.9 Å². The van der Waals surface area contributed by atoms with E-state index in [4.69, 9.17) is 11.6 Å². The van der Waals surface area contributed by atoms with Gasteiger partial charge in [-0.15, -0.1) is 0 Å². The van der Waals surface area contributed by atoms with E-state index in [0.29, 0.717) is 28.5 Å². The third kappa shape index (κ3) is 3.89. The minimum Gasteiger partial charge on any atom is -0.351 e. The molecule has 26 heavy (non-hydrogen) atoms. The fraction of sp³-hybridized carbons (Fsp3) is 0.200. The van der Waals surface area contributed by atoms with E-state index in [-0.39, 0.29) is 11.8 Å². The summed E-state index contributed by atoms with van der Waals surface area (Å²) in [6, 6.07) is 14.1. The molecule has 2 aromatic carbocycles. The summed E-state index contributed by atoms with van der Waals surface area (Å²) in [5, 5.41) is 7.10. The molecule has 3 rings (SSSR count). The number of anilines is 1. The number of rotatable bonds is 6. The van der Waals surface area contributed by atoms with Gasteiger partial charge in [0.1, 0.15) is 5.69 Å². The third-order valence-electron chi connectivity index (χ3n) is 4.09. The van der Waals surface area contributed by atoms with Crippen molar-refractivity contribution in [3.05, 3.63) is 64.8 Å². The Balaban J connectivity index is 1.92. The highest BCUT2D eigenvalue weighted by Crippen LogP contribution is 2.28. The fourth-order valence-electron chi connectivity index (χ4n) is 2.70. The molecule has 0 spiro atoms. The number of benzene rings is 2. The normalized spacial score (nSPS) is 10.7. The molecule has 1 heterocycles. The number of amides is 2. The van der Waals surface area contributed by atoms with Crippen LogP contribution in [0.3, 0.4) is 0 Å². The predicted molar refractivity (Wildman–Crippen MR) is 105 cm³/mol. The van der Waals surface area contributed by atoms with Gasteiger partial charge in [0.15, 0.2) is 0 Å². The fourth-order valence-corrected chi connectivity index (χ4v) is 2.82. The summed E-state index contributed by atoms with van der Waals surface area (Å²) in [4.78, 5) is 28.3. The van der Waals surface area contributed by atoms with Crippen molar-refractivity contribution < 1.29 is 9.59 Å². The van der Waals surface area contributed by atoms with Crippen LogP contribution in [0.5, 0.6) is 0 Å². The topological polar surface area (TPSA) is 74.0 Å². The Morgan fingerprint density at radius 1 is 1.04 bits per heavy atom. The molecule has 0 aliphatic carbocycles. The average molecular weight is 370 g/mol. The van der Waals surface area contributed by atoms with Crippen molar-refractivity contribution in [3.8, 4) is 0 Å². The van der Waals surface area contributed by atoms with Gasteiger partial charge in [-0.2, -0.15) is 0 Å². The molecule has 134 valence electrons. The van der Waals surface area contributed by atoms with E-state index >= 15 is 0 Å². The lowest BCUT2D eigenvalue weighted by atomic mass is 10.1. The summed E-state index contributed by atoms with van der Waals surface area (Å²) in [5.74, 6) is -0.532. The second-order valence-corrected chi connectivity index (χ2v) is 6.43. The third-order valence-corrected chi connectivity index (χ3v) is 4.35. The molecular weight excluding hydrogens is 350 g/mol. The van der Waals surface area contributed by atoms with E-state index in [1.807, 2.05) is 24.3 Å². The van der Waals surface area contributed by atoms with Crippen LogP contribution in [-0.2, 0) is 0 Å². The van der Waals surface area contributed by atoms with E-state index in [9.17, 15) is 9.59 Å². The number of carbonyl (C=O) groups excluding carboxylic acids is 2. The van der Waals surface area contributed by atoms with Crippen LogP contribution in [0.2, 0.25) is 5.02 Å². The van der Waals surface area contributed by atoms with Gasteiger partial charge in [-0.25, -0.2) is 0 Å². The Morgan fingerprint density at radius 2 is 1.77 bits per heavy atom. The van der Waals surface area contributed by atoms with Crippen LogP contribution in [0.1, 0.15) is 40.6 Å². The molecule has 1 aromatic heterocycles. The maximum absolute atomic E-state index is 12.6. The summed E-state index contributed by atoms with van der Waals surface area (Å²) >= 11 is 5.87. The van der Waals surface area contributed by atoms with Gasteiger partial charge in [0.25, 0.3) is 11.8 Å². The molecule has 6 heteroatoms. The number of hydrogen-bond acceptors (Lipinski definition) is 2. The molecule has 0 radical (unpaired) electrons. The Kier molecular flexibility index (Phi) is 5.58. The molecule has 0 aliphatic heterocycles. The first-order valence-electron chi connectivity index (χ1n) is 8.56. The average Bonchev–Trinajstić information content (AvgIpc) is 3.01. The first-order chi connectivity index (χ1) is 12.6. The van der Waals surface area contributed by atoms with Gasteiger partial charge in [-0.05, 0) is 36.8 Å². The molecule has 2 amide bonds. The number of aromatic amines is 1. The number of unbranched alkanes of at least 4 members (excludes halogenated alkanes) is 1. The number of nitrogens with one attached hydrogen (secondary N) is 3. The Hall–Kier alpha value is -2.79. The van der Waals surface area contributed by atoms with Gasteiger partial charge in [0.05, 0.1) is 5.69 Å². The second-order valence-electron chi connectivity index (χ2n) is 5.99. The van der Waals surface area contributed by atoms with Gasteiger partial charge >= 0.3 is 0 Å². The van der Waals surface area contributed by atoms with Gasteiger partial charge in [0.2, 0.25) is 0 Å². The molecule has 0 aliphatic rings. The first kappa shape index (κ1) is 18.0. The van der Waals surface area contributed by atoms with Gasteiger partial charge in [-0.1, -0.05) is 43.1 Å². The van der Waals surface area contributed by atoms with Crippen molar-refractivity contribution in [1.82, 2.24) is 10.3 Å². The van der Waals surface area contributed by atoms with Crippen molar-refractivity contribution in [1.29, 1.82) is 0 Å². The van der Waals surface area contributed by atoms with Crippen LogP contribution in [-0.4, -0.2) is 23.3 Å². The molecule has 0 atom stereocenters. The molecule has 0 fully saturated rings. The van der Waals surface area contributed by atoms with Crippen molar-refractivity contribution in [2.75, 3.05) is 11.9 Å². The monoisotopic (exact) mass is 369 g/mol. The Bertz CT molecular complexity index is 932. The van der Waals surface area contributed by atoms with Crippen molar-refractivity contribution in [2.24, 2.45) is 0 Å². The van der Waals surface area contributed by atoms with Crippen LogP contribution in [0, 0.1) is 0 Å². The molecule has 0 bridgehead atoms. The number of H-pyrrole nitrogens is 1. The van der Waals surface area contributed by atoms with Gasteiger partial charge < -0.3 is 15.6 Å². The summed E-state index contributed by atoms with van der Waals surface area (Å²) in [6.07, 6.45) is 1.89. The second kappa shape index (κ2) is 8.06. The highest BCUT2D eigenvalue weighted by atomic mass is 35.5. The van der Waals surface area contributed by atoms with Crippen LogP contribution >= 0.6 is 11.6 Å².